The molecule has 0 aromatic heterocycles. The number of hydrogen-bond acceptors (Lipinski definition) is 4. The summed E-state index contributed by atoms with van der Waals surface area (Å²) in [6.07, 6.45) is 0.802. The van der Waals surface area contributed by atoms with E-state index in [2.05, 4.69) is 4.72 Å². The van der Waals surface area contributed by atoms with E-state index in [0.29, 0.717) is 35.3 Å². The van der Waals surface area contributed by atoms with Gasteiger partial charge in [0.05, 0.1) is 23.8 Å². The van der Waals surface area contributed by atoms with Crippen LogP contribution in [0, 0.1) is 34.6 Å². The lowest BCUT2D eigenvalue weighted by Crippen LogP contribution is -2.17. The van der Waals surface area contributed by atoms with Crippen molar-refractivity contribution in [3.05, 3.63) is 46.0 Å². The fraction of sp³-hybridized carbons (Fsp3) is 0.400. The van der Waals surface area contributed by atoms with Gasteiger partial charge in [0.15, 0.2) is 11.5 Å². The van der Waals surface area contributed by atoms with Gasteiger partial charge in [-0.3, -0.25) is 4.72 Å². The van der Waals surface area contributed by atoms with Crippen molar-refractivity contribution < 1.29 is 17.9 Å². The first kappa shape index (κ1) is 18.6. The van der Waals surface area contributed by atoms with Crippen LogP contribution in [0.4, 0.5) is 5.69 Å². The fourth-order valence-electron chi connectivity index (χ4n) is 3.30. The second-order valence-electron chi connectivity index (χ2n) is 6.77. The van der Waals surface area contributed by atoms with Crippen molar-refractivity contribution in [2.75, 3.05) is 17.9 Å². The molecule has 0 bridgehead atoms. The molecule has 6 heteroatoms. The quantitative estimate of drug-likeness (QED) is 0.874. The molecule has 2 aromatic rings. The first-order valence-electron chi connectivity index (χ1n) is 8.72. The number of fused-ring (bicyclic) bond motifs is 1. The number of anilines is 1. The molecule has 1 aliphatic rings. The molecular weight excluding hydrogens is 350 g/mol. The van der Waals surface area contributed by atoms with Crippen molar-refractivity contribution >= 4 is 15.7 Å². The van der Waals surface area contributed by atoms with Crippen LogP contribution in [-0.4, -0.2) is 21.6 Å². The minimum atomic E-state index is -3.72. The van der Waals surface area contributed by atoms with Crippen molar-refractivity contribution in [3.8, 4) is 11.5 Å². The molecule has 1 N–H and O–H groups in total. The van der Waals surface area contributed by atoms with Gasteiger partial charge in [-0.1, -0.05) is 0 Å². The largest absolute Gasteiger partial charge is 0.490 e. The molecule has 0 unspecified atom stereocenters. The lowest BCUT2D eigenvalue weighted by atomic mass is 9.95. The van der Waals surface area contributed by atoms with Crippen LogP contribution in [0.25, 0.3) is 0 Å². The van der Waals surface area contributed by atoms with Gasteiger partial charge in [0.1, 0.15) is 0 Å². The normalized spacial score (nSPS) is 14.0. The van der Waals surface area contributed by atoms with E-state index in [4.69, 9.17) is 9.47 Å². The molecule has 1 heterocycles. The van der Waals surface area contributed by atoms with Crippen molar-refractivity contribution in [2.24, 2.45) is 0 Å². The second-order valence-corrected chi connectivity index (χ2v) is 8.39. The van der Waals surface area contributed by atoms with E-state index in [1.165, 1.54) is 0 Å². The number of nitrogens with one attached hydrogen (secondary N) is 1. The summed E-state index contributed by atoms with van der Waals surface area (Å²) in [5, 5.41) is 0. The minimum absolute atomic E-state index is 0.352. The molecule has 0 spiro atoms. The zero-order valence-electron chi connectivity index (χ0n) is 15.9. The van der Waals surface area contributed by atoms with E-state index in [9.17, 15) is 8.42 Å². The average Bonchev–Trinajstić information content (AvgIpc) is 2.82. The third-order valence-electron chi connectivity index (χ3n) is 5.20. The molecule has 26 heavy (non-hydrogen) atoms. The monoisotopic (exact) mass is 375 g/mol. The SMILES string of the molecule is Cc1c(C)c(C)c(S(=O)(=O)Nc2ccc3c(c2)OCCCO3)c(C)c1C. The summed E-state index contributed by atoms with van der Waals surface area (Å²) in [6, 6.07) is 5.12. The predicted octanol–water partition coefficient (Wildman–Crippen LogP) is 4.19. The van der Waals surface area contributed by atoms with Gasteiger partial charge in [0.2, 0.25) is 0 Å². The van der Waals surface area contributed by atoms with Crippen LogP contribution in [0.1, 0.15) is 34.2 Å². The Balaban J connectivity index is 2.02. The van der Waals surface area contributed by atoms with Crippen molar-refractivity contribution in [3.63, 3.8) is 0 Å². The Morgan fingerprint density at radius 3 is 1.96 bits per heavy atom. The maximum Gasteiger partial charge on any atom is 0.262 e. The van der Waals surface area contributed by atoms with Gasteiger partial charge in [0.25, 0.3) is 10.0 Å². The fourth-order valence-corrected chi connectivity index (χ4v) is 4.95. The van der Waals surface area contributed by atoms with Gasteiger partial charge in [0, 0.05) is 12.5 Å². The van der Waals surface area contributed by atoms with Gasteiger partial charge in [-0.2, -0.15) is 0 Å². The van der Waals surface area contributed by atoms with Crippen LogP contribution in [0.3, 0.4) is 0 Å². The van der Waals surface area contributed by atoms with Gasteiger partial charge in [-0.25, -0.2) is 8.42 Å². The first-order chi connectivity index (χ1) is 12.2. The molecule has 0 aliphatic carbocycles. The van der Waals surface area contributed by atoms with Crippen LogP contribution in [0.5, 0.6) is 11.5 Å². The van der Waals surface area contributed by atoms with E-state index in [-0.39, 0.29) is 0 Å². The Hall–Kier alpha value is -2.21. The number of sulfonamides is 1. The molecule has 1 aliphatic heterocycles. The Morgan fingerprint density at radius 1 is 0.808 bits per heavy atom. The molecule has 3 rings (SSSR count). The third-order valence-corrected chi connectivity index (χ3v) is 6.85. The lowest BCUT2D eigenvalue weighted by Gasteiger charge is -2.19. The number of ether oxygens (including phenoxy) is 2. The average molecular weight is 375 g/mol. The van der Waals surface area contributed by atoms with E-state index >= 15 is 0 Å². The summed E-state index contributed by atoms with van der Waals surface area (Å²) >= 11 is 0. The smallest absolute Gasteiger partial charge is 0.262 e. The standard InChI is InChI=1S/C20H25NO4S/c1-12-13(2)15(4)20(16(5)14(12)3)26(22,23)21-17-7-8-18-19(11-17)25-10-6-9-24-18/h7-8,11,21H,6,9-10H2,1-5H3. The zero-order chi connectivity index (χ0) is 19.1. The molecule has 0 saturated carbocycles. The van der Waals surface area contributed by atoms with Crippen molar-refractivity contribution in [1.29, 1.82) is 0 Å². The van der Waals surface area contributed by atoms with Crippen molar-refractivity contribution in [1.82, 2.24) is 0 Å². The summed E-state index contributed by atoms with van der Waals surface area (Å²) in [5.41, 5.74) is 5.18. The Morgan fingerprint density at radius 2 is 1.35 bits per heavy atom. The van der Waals surface area contributed by atoms with Crippen LogP contribution in [0.2, 0.25) is 0 Å². The Kier molecular flexibility index (Phi) is 4.88. The first-order valence-corrected chi connectivity index (χ1v) is 10.2. The van der Waals surface area contributed by atoms with E-state index in [0.717, 1.165) is 34.2 Å². The maximum atomic E-state index is 13.1. The highest BCUT2D eigenvalue weighted by Crippen LogP contribution is 2.35. The maximum absolute atomic E-state index is 13.1. The van der Waals surface area contributed by atoms with Gasteiger partial charge < -0.3 is 9.47 Å². The van der Waals surface area contributed by atoms with Gasteiger partial charge in [-0.05, 0) is 74.6 Å². The van der Waals surface area contributed by atoms with Crippen molar-refractivity contribution in [2.45, 2.75) is 45.9 Å². The second kappa shape index (κ2) is 6.83. The molecule has 0 radical (unpaired) electrons. The summed E-state index contributed by atoms with van der Waals surface area (Å²) < 4.78 is 40.2. The molecule has 5 nitrogen and oxygen atoms in total. The molecular formula is C20H25NO4S. The molecule has 2 aromatic carbocycles. The highest BCUT2D eigenvalue weighted by Gasteiger charge is 2.24. The van der Waals surface area contributed by atoms with E-state index in [1.807, 2.05) is 34.6 Å². The third kappa shape index (κ3) is 3.26. The number of benzene rings is 2. The highest BCUT2D eigenvalue weighted by molar-refractivity contribution is 7.92. The van der Waals surface area contributed by atoms with Crippen LogP contribution in [-0.2, 0) is 10.0 Å². The molecule has 0 saturated heterocycles. The summed E-state index contributed by atoms with van der Waals surface area (Å²) in [4.78, 5) is 0.352. The molecule has 140 valence electrons. The van der Waals surface area contributed by atoms with E-state index in [1.54, 1.807) is 18.2 Å². The predicted molar refractivity (Wildman–Crippen MR) is 103 cm³/mol. The minimum Gasteiger partial charge on any atom is -0.490 e. The summed E-state index contributed by atoms with van der Waals surface area (Å²) in [6.45, 7) is 10.8. The van der Waals surface area contributed by atoms with E-state index < -0.39 is 10.0 Å². The van der Waals surface area contributed by atoms with Crippen LogP contribution < -0.4 is 14.2 Å². The highest BCUT2D eigenvalue weighted by atomic mass is 32.2. The van der Waals surface area contributed by atoms with Gasteiger partial charge >= 0.3 is 0 Å². The number of hydrogen-bond donors (Lipinski definition) is 1. The topological polar surface area (TPSA) is 64.6 Å². The summed E-state index contributed by atoms with van der Waals surface area (Å²) in [5.74, 6) is 1.20. The molecule has 0 amide bonds. The Labute approximate surface area is 155 Å². The zero-order valence-corrected chi connectivity index (χ0v) is 16.7. The molecule has 0 fully saturated rings. The number of rotatable bonds is 3. The van der Waals surface area contributed by atoms with Crippen LogP contribution >= 0.6 is 0 Å². The summed E-state index contributed by atoms with van der Waals surface area (Å²) in [7, 11) is -3.72. The Bertz CT molecular complexity index is 935. The lowest BCUT2D eigenvalue weighted by molar-refractivity contribution is 0.297. The van der Waals surface area contributed by atoms with Gasteiger partial charge in [-0.15, -0.1) is 0 Å². The molecule has 0 atom stereocenters. The van der Waals surface area contributed by atoms with Crippen LogP contribution in [0.15, 0.2) is 23.1 Å².